The number of rotatable bonds is 1. The van der Waals surface area contributed by atoms with Gasteiger partial charge in [-0.1, -0.05) is 5.21 Å². The molecule has 2 rings (SSSR count). The maximum absolute atomic E-state index is 12.2. The van der Waals surface area contributed by atoms with Gasteiger partial charge >= 0.3 is 0 Å². The van der Waals surface area contributed by atoms with Gasteiger partial charge in [-0.15, -0.1) is 10.2 Å². The molecular weight excluding hydrogens is 123 g/mol. The minimum absolute atomic E-state index is 0.0799. The van der Waals surface area contributed by atoms with Crippen LogP contribution in [0.15, 0.2) is 0 Å². The van der Waals surface area contributed by atoms with Gasteiger partial charge in [0.2, 0.25) is 0 Å². The topological polar surface area (TPSA) is 54.5 Å². The number of hydrogen-bond donors (Lipinski definition) is 1. The largest absolute Gasteiger partial charge is 0.247 e. The molecule has 48 valence electrons. The summed E-state index contributed by atoms with van der Waals surface area (Å²) in [5.41, 5.74) is 0. The maximum atomic E-state index is 12.2. The quantitative estimate of drug-likeness (QED) is 0.580. The van der Waals surface area contributed by atoms with Crippen molar-refractivity contribution in [2.24, 2.45) is 0 Å². The molecule has 4 nitrogen and oxygen atoms in total. The Morgan fingerprint density at radius 2 is 2.44 bits per heavy atom. The molecule has 0 aromatic carbocycles. The van der Waals surface area contributed by atoms with Crippen molar-refractivity contribution in [1.29, 1.82) is 0 Å². The van der Waals surface area contributed by atoms with E-state index in [0.717, 1.165) is 0 Å². The van der Waals surface area contributed by atoms with Crippen molar-refractivity contribution >= 4 is 0 Å². The van der Waals surface area contributed by atoms with E-state index in [1.54, 1.807) is 0 Å². The third kappa shape index (κ3) is 0.684. The van der Waals surface area contributed by atoms with Crippen molar-refractivity contribution in [2.75, 3.05) is 0 Å². The molecule has 1 fully saturated rings. The summed E-state index contributed by atoms with van der Waals surface area (Å²) in [5, 5.41) is 12.9. The monoisotopic (exact) mass is 128 g/mol. The van der Waals surface area contributed by atoms with Crippen LogP contribution < -0.4 is 0 Å². The van der Waals surface area contributed by atoms with E-state index >= 15 is 0 Å². The highest BCUT2D eigenvalue weighted by molar-refractivity contribution is 5.07. The zero-order valence-electron chi connectivity index (χ0n) is 4.58. The molecule has 1 aliphatic rings. The lowest BCUT2D eigenvalue weighted by Crippen LogP contribution is -1.84. The Morgan fingerprint density at radius 1 is 1.67 bits per heavy atom. The fourth-order valence-corrected chi connectivity index (χ4v) is 0.758. The smallest absolute Gasteiger partial charge is 0.180 e. The summed E-state index contributed by atoms with van der Waals surface area (Å²) < 4.78 is 12.2. The third-order valence-electron chi connectivity index (χ3n) is 1.41. The predicted molar refractivity (Wildman–Crippen MR) is 26.4 cm³/mol. The van der Waals surface area contributed by atoms with Crippen LogP contribution in [0.5, 0.6) is 0 Å². The fourth-order valence-electron chi connectivity index (χ4n) is 0.758. The average Bonchev–Trinajstić information content (AvgIpc) is 2.44. The van der Waals surface area contributed by atoms with Crippen LogP contribution in [0.1, 0.15) is 18.2 Å². The predicted octanol–water partition coefficient (Wildman–Crippen LogP) is 0.0251. The number of alkyl halides is 1. The summed E-state index contributed by atoms with van der Waals surface area (Å²) in [6.07, 6.45) is -0.179. The molecule has 0 bridgehead atoms. The highest BCUT2D eigenvalue weighted by Gasteiger charge is 2.41. The minimum atomic E-state index is -0.734. The van der Waals surface area contributed by atoms with E-state index in [2.05, 4.69) is 20.6 Å². The molecule has 9 heavy (non-hydrogen) atoms. The number of H-pyrrole nitrogens is 1. The van der Waals surface area contributed by atoms with E-state index in [1.165, 1.54) is 0 Å². The van der Waals surface area contributed by atoms with E-state index in [9.17, 15) is 4.39 Å². The molecular formula is C4H5FN4. The summed E-state index contributed by atoms with van der Waals surface area (Å²) in [6.45, 7) is 0. The molecule has 2 unspecified atom stereocenters. The SMILES string of the molecule is FC1CC1c1nn[nH]n1. The van der Waals surface area contributed by atoms with Gasteiger partial charge in [-0.05, 0) is 6.42 Å². The molecule has 1 aromatic rings. The third-order valence-corrected chi connectivity index (χ3v) is 1.41. The number of halogens is 1. The van der Waals surface area contributed by atoms with Crippen LogP contribution in [0, 0.1) is 0 Å². The second kappa shape index (κ2) is 1.49. The average molecular weight is 128 g/mol. The zero-order chi connectivity index (χ0) is 6.27. The van der Waals surface area contributed by atoms with Gasteiger partial charge in [-0.2, -0.15) is 5.21 Å². The molecule has 0 saturated heterocycles. The maximum Gasteiger partial charge on any atom is 0.180 e. The Balaban J connectivity index is 2.18. The summed E-state index contributed by atoms with van der Waals surface area (Å²) in [4.78, 5) is 0. The number of nitrogens with zero attached hydrogens (tertiary/aromatic N) is 3. The minimum Gasteiger partial charge on any atom is -0.247 e. The zero-order valence-corrected chi connectivity index (χ0v) is 4.58. The molecule has 1 N–H and O–H groups in total. The second-order valence-electron chi connectivity index (χ2n) is 2.13. The molecule has 1 aliphatic carbocycles. The highest BCUT2D eigenvalue weighted by atomic mass is 19.1. The first-order valence-corrected chi connectivity index (χ1v) is 2.75. The summed E-state index contributed by atoms with van der Waals surface area (Å²) in [6, 6.07) is 0. The molecule has 0 amide bonds. The van der Waals surface area contributed by atoms with Gasteiger partial charge < -0.3 is 0 Å². The van der Waals surface area contributed by atoms with Crippen LogP contribution in [-0.4, -0.2) is 26.8 Å². The Morgan fingerprint density at radius 3 is 2.89 bits per heavy atom. The number of nitrogens with one attached hydrogen (secondary N) is 1. The Bertz CT molecular complexity index is 196. The molecule has 0 radical (unpaired) electrons. The van der Waals surface area contributed by atoms with Crippen molar-refractivity contribution in [1.82, 2.24) is 20.6 Å². The summed E-state index contributed by atoms with van der Waals surface area (Å²) in [7, 11) is 0. The van der Waals surface area contributed by atoms with Crippen LogP contribution in [0.3, 0.4) is 0 Å². The second-order valence-corrected chi connectivity index (χ2v) is 2.13. The molecule has 1 heterocycles. The van der Waals surface area contributed by atoms with Gasteiger partial charge in [0.1, 0.15) is 6.17 Å². The summed E-state index contributed by atoms with van der Waals surface area (Å²) in [5.74, 6) is 0.422. The van der Waals surface area contributed by atoms with E-state index in [1.807, 2.05) is 0 Å². The van der Waals surface area contributed by atoms with Crippen molar-refractivity contribution in [3.8, 4) is 0 Å². The number of aromatic nitrogens is 4. The Labute approximate surface area is 50.5 Å². The lowest BCUT2D eigenvalue weighted by atomic mass is 10.4. The molecule has 0 spiro atoms. The van der Waals surface area contributed by atoms with E-state index < -0.39 is 6.17 Å². The molecule has 5 heteroatoms. The van der Waals surface area contributed by atoms with Crippen LogP contribution in [0.4, 0.5) is 4.39 Å². The summed E-state index contributed by atoms with van der Waals surface area (Å²) >= 11 is 0. The van der Waals surface area contributed by atoms with Crippen molar-refractivity contribution in [2.45, 2.75) is 18.5 Å². The van der Waals surface area contributed by atoms with Gasteiger partial charge in [0.15, 0.2) is 5.82 Å². The Kier molecular flexibility index (Phi) is 0.802. The molecule has 0 aliphatic heterocycles. The fraction of sp³-hybridized carbons (Fsp3) is 0.750. The van der Waals surface area contributed by atoms with Crippen LogP contribution in [0.25, 0.3) is 0 Å². The van der Waals surface area contributed by atoms with Crippen LogP contribution in [0.2, 0.25) is 0 Å². The van der Waals surface area contributed by atoms with Crippen molar-refractivity contribution in [3.63, 3.8) is 0 Å². The van der Waals surface area contributed by atoms with Crippen LogP contribution in [-0.2, 0) is 0 Å². The van der Waals surface area contributed by atoms with Crippen molar-refractivity contribution < 1.29 is 4.39 Å². The van der Waals surface area contributed by atoms with Gasteiger partial charge in [0, 0.05) is 0 Å². The standard InChI is InChI=1S/C4H5FN4/c5-3-1-2(3)4-6-8-9-7-4/h2-3H,1H2,(H,6,7,8,9). The Hall–Kier alpha value is -1.00. The molecule has 2 atom stereocenters. The normalized spacial score (nSPS) is 32.6. The van der Waals surface area contributed by atoms with E-state index in [-0.39, 0.29) is 5.92 Å². The molecule has 1 aromatic heterocycles. The highest BCUT2D eigenvalue weighted by Crippen LogP contribution is 2.41. The molecule has 1 saturated carbocycles. The van der Waals surface area contributed by atoms with Crippen LogP contribution >= 0.6 is 0 Å². The lowest BCUT2D eigenvalue weighted by molar-refractivity contribution is 0.465. The van der Waals surface area contributed by atoms with E-state index in [4.69, 9.17) is 0 Å². The van der Waals surface area contributed by atoms with E-state index in [0.29, 0.717) is 12.2 Å². The number of aromatic amines is 1. The van der Waals surface area contributed by atoms with Gasteiger partial charge in [0.05, 0.1) is 5.92 Å². The lowest BCUT2D eigenvalue weighted by Gasteiger charge is -1.78. The van der Waals surface area contributed by atoms with Gasteiger partial charge in [-0.25, -0.2) is 4.39 Å². The van der Waals surface area contributed by atoms with Gasteiger partial charge in [0.25, 0.3) is 0 Å². The first-order valence-electron chi connectivity index (χ1n) is 2.75. The first-order chi connectivity index (χ1) is 4.38. The number of hydrogen-bond acceptors (Lipinski definition) is 3. The van der Waals surface area contributed by atoms with Crippen molar-refractivity contribution in [3.05, 3.63) is 5.82 Å². The van der Waals surface area contributed by atoms with Gasteiger partial charge in [-0.3, -0.25) is 0 Å². The number of tetrazole rings is 1. The first kappa shape index (κ1) is 4.84.